The van der Waals surface area contributed by atoms with Crippen molar-refractivity contribution in [3.05, 3.63) is 35.4 Å². The number of carbonyl (C=O) groups excluding carboxylic acids is 1. The lowest BCUT2D eigenvalue weighted by molar-refractivity contribution is -0.137. The highest BCUT2D eigenvalue weighted by molar-refractivity contribution is 5.94. The molecule has 0 atom stereocenters. The van der Waals surface area contributed by atoms with Gasteiger partial charge in [0.15, 0.2) is 0 Å². The van der Waals surface area contributed by atoms with E-state index in [1.807, 2.05) is 12.1 Å². The molecule has 27 heavy (non-hydrogen) atoms. The fourth-order valence-electron chi connectivity index (χ4n) is 4.48. The number of hydrogen-bond donors (Lipinski definition) is 3. The number of piperidine rings is 1. The van der Waals surface area contributed by atoms with Crippen molar-refractivity contribution in [3.63, 3.8) is 0 Å². The maximum atomic E-state index is 12.6. The van der Waals surface area contributed by atoms with E-state index < -0.39 is 5.97 Å². The highest BCUT2D eigenvalue weighted by atomic mass is 16.4. The van der Waals surface area contributed by atoms with Gasteiger partial charge in [0.05, 0.1) is 0 Å². The Labute approximate surface area is 161 Å². The average molecular weight is 373 g/mol. The summed E-state index contributed by atoms with van der Waals surface area (Å²) in [6, 6.07) is 8.35. The summed E-state index contributed by atoms with van der Waals surface area (Å²) in [5, 5.41) is 15.4. The van der Waals surface area contributed by atoms with Crippen LogP contribution in [-0.4, -0.2) is 36.1 Å². The van der Waals surface area contributed by atoms with E-state index in [4.69, 9.17) is 5.11 Å². The molecule has 0 unspecified atom stereocenters. The van der Waals surface area contributed by atoms with Crippen LogP contribution in [0.2, 0.25) is 0 Å². The molecule has 1 aliphatic carbocycles. The van der Waals surface area contributed by atoms with E-state index >= 15 is 0 Å². The molecule has 0 radical (unpaired) electrons. The van der Waals surface area contributed by atoms with E-state index in [0.29, 0.717) is 5.92 Å². The Morgan fingerprint density at radius 1 is 1.11 bits per heavy atom. The molecule has 1 heterocycles. The van der Waals surface area contributed by atoms with Crippen LogP contribution >= 0.6 is 0 Å². The molecule has 1 aliphatic heterocycles. The second kappa shape index (κ2) is 8.87. The second-order valence-electron chi connectivity index (χ2n) is 8.51. The van der Waals surface area contributed by atoms with Crippen LogP contribution in [-0.2, 0) is 10.2 Å². The standard InChI is InChI=1S/C22H32N2O3/c1-22(12-14-23-15-13-22)18-7-5-17(6-8-18)21(27)24-19-9-2-16(3-10-19)4-11-20(25)26/h5-8,16,19,23H,2-4,9-15H2,1H3,(H,24,27)(H,25,26). The van der Waals surface area contributed by atoms with Crippen LogP contribution < -0.4 is 10.6 Å². The fraction of sp³-hybridized carbons (Fsp3) is 0.636. The summed E-state index contributed by atoms with van der Waals surface area (Å²) >= 11 is 0. The molecule has 0 bridgehead atoms. The largest absolute Gasteiger partial charge is 0.481 e. The van der Waals surface area contributed by atoms with Crippen LogP contribution in [0.1, 0.15) is 74.2 Å². The third-order valence-electron chi connectivity index (χ3n) is 6.50. The van der Waals surface area contributed by atoms with Crippen molar-refractivity contribution in [2.75, 3.05) is 13.1 Å². The normalized spacial score (nSPS) is 24.9. The number of hydrogen-bond acceptors (Lipinski definition) is 3. The molecular formula is C22H32N2O3. The number of carboxylic acids is 1. The number of rotatable bonds is 6. The number of aliphatic carboxylic acids is 1. The van der Waals surface area contributed by atoms with Crippen molar-refractivity contribution in [2.24, 2.45) is 5.92 Å². The summed E-state index contributed by atoms with van der Waals surface area (Å²) in [7, 11) is 0. The summed E-state index contributed by atoms with van der Waals surface area (Å²) in [5.41, 5.74) is 2.25. The first kappa shape index (κ1) is 19.9. The minimum Gasteiger partial charge on any atom is -0.481 e. The van der Waals surface area contributed by atoms with Gasteiger partial charge in [0.2, 0.25) is 0 Å². The monoisotopic (exact) mass is 372 g/mol. The summed E-state index contributed by atoms with van der Waals surface area (Å²) in [6.45, 7) is 4.41. The Morgan fingerprint density at radius 2 is 1.74 bits per heavy atom. The zero-order chi connectivity index (χ0) is 19.3. The zero-order valence-corrected chi connectivity index (χ0v) is 16.3. The topological polar surface area (TPSA) is 78.4 Å². The molecule has 5 heteroatoms. The lowest BCUT2D eigenvalue weighted by atomic mass is 9.75. The number of nitrogens with one attached hydrogen (secondary N) is 2. The van der Waals surface area contributed by atoms with Crippen molar-refractivity contribution in [1.82, 2.24) is 10.6 Å². The minimum atomic E-state index is -0.716. The maximum Gasteiger partial charge on any atom is 0.303 e. The molecule has 3 N–H and O–H groups in total. The SMILES string of the molecule is CC1(c2ccc(C(=O)NC3CCC(CCC(=O)O)CC3)cc2)CCNCC1. The van der Waals surface area contributed by atoms with Gasteiger partial charge >= 0.3 is 5.97 Å². The minimum absolute atomic E-state index is 0.00556. The van der Waals surface area contributed by atoms with Gasteiger partial charge in [-0.2, -0.15) is 0 Å². The molecular weight excluding hydrogens is 340 g/mol. The second-order valence-corrected chi connectivity index (χ2v) is 8.51. The Kier molecular flexibility index (Phi) is 6.53. The highest BCUT2D eigenvalue weighted by Crippen LogP contribution is 2.33. The number of amides is 1. The third-order valence-corrected chi connectivity index (χ3v) is 6.50. The van der Waals surface area contributed by atoms with Crippen molar-refractivity contribution in [1.29, 1.82) is 0 Å². The summed E-state index contributed by atoms with van der Waals surface area (Å²) < 4.78 is 0. The van der Waals surface area contributed by atoms with Crippen molar-refractivity contribution in [2.45, 2.75) is 69.7 Å². The quantitative estimate of drug-likeness (QED) is 0.714. The molecule has 1 aromatic rings. The predicted octanol–water partition coefficient (Wildman–Crippen LogP) is 3.48. The molecule has 3 rings (SSSR count). The van der Waals surface area contributed by atoms with Gasteiger partial charge in [-0.25, -0.2) is 0 Å². The van der Waals surface area contributed by atoms with Gasteiger partial charge in [-0.1, -0.05) is 19.1 Å². The van der Waals surface area contributed by atoms with Crippen molar-refractivity contribution >= 4 is 11.9 Å². The molecule has 1 saturated carbocycles. The van der Waals surface area contributed by atoms with Crippen LogP contribution in [0.4, 0.5) is 0 Å². The first-order chi connectivity index (χ1) is 13.0. The Hall–Kier alpha value is -1.88. The van der Waals surface area contributed by atoms with Gasteiger partial charge in [0.1, 0.15) is 0 Å². The molecule has 0 spiro atoms. The summed E-state index contributed by atoms with van der Waals surface area (Å²) in [6.07, 6.45) is 7.16. The van der Waals surface area contributed by atoms with Gasteiger partial charge < -0.3 is 15.7 Å². The highest BCUT2D eigenvalue weighted by Gasteiger charge is 2.29. The van der Waals surface area contributed by atoms with Crippen LogP contribution in [0.25, 0.3) is 0 Å². The van der Waals surface area contributed by atoms with E-state index in [0.717, 1.165) is 63.6 Å². The van der Waals surface area contributed by atoms with Gasteiger partial charge in [-0.3, -0.25) is 9.59 Å². The molecule has 1 amide bonds. The zero-order valence-electron chi connectivity index (χ0n) is 16.3. The Bertz CT molecular complexity index is 642. The first-order valence-corrected chi connectivity index (χ1v) is 10.3. The number of benzene rings is 1. The maximum absolute atomic E-state index is 12.6. The molecule has 2 aliphatic rings. The Balaban J connectivity index is 1.49. The smallest absolute Gasteiger partial charge is 0.303 e. The van der Waals surface area contributed by atoms with E-state index in [-0.39, 0.29) is 23.8 Å². The van der Waals surface area contributed by atoms with E-state index in [9.17, 15) is 9.59 Å². The lowest BCUT2D eigenvalue weighted by Gasteiger charge is -2.34. The van der Waals surface area contributed by atoms with Gasteiger partial charge in [-0.05, 0) is 87.1 Å². The fourth-order valence-corrected chi connectivity index (χ4v) is 4.48. The van der Waals surface area contributed by atoms with Crippen molar-refractivity contribution < 1.29 is 14.7 Å². The van der Waals surface area contributed by atoms with E-state index in [1.165, 1.54) is 5.56 Å². The lowest BCUT2D eigenvalue weighted by Crippen LogP contribution is -2.38. The van der Waals surface area contributed by atoms with Crippen LogP contribution in [0, 0.1) is 5.92 Å². The van der Waals surface area contributed by atoms with Gasteiger partial charge in [0.25, 0.3) is 5.91 Å². The Morgan fingerprint density at radius 3 is 2.33 bits per heavy atom. The molecule has 1 aromatic carbocycles. The molecule has 0 aromatic heterocycles. The van der Waals surface area contributed by atoms with Crippen molar-refractivity contribution in [3.8, 4) is 0 Å². The molecule has 2 fully saturated rings. The molecule has 148 valence electrons. The predicted molar refractivity (Wildman–Crippen MR) is 106 cm³/mol. The third kappa shape index (κ3) is 5.32. The van der Waals surface area contributed by atoms with Crippen LogP contribution in [0.5, 0.6) is 0 Å². The van der Waals surface area contributed by atoms with Crippen LogP contribution in [0.3, 0.4) is 0 Å². The van der Waals surface area contributed by atoms with Gasteiger partial charge in [0, 0.05) is 18.0 Å². The number of carbonyl (C=O) groups is 2. The molecule has 1 saturated heterocycles. The summed E-state index contributed by atoms with van der Waals surface area (Å²) in [4.78, 5) is 23.3. The molecule has 5 nitrogen and oxygen atoms in total. The first-order valence-electron chi connectivity index (χ1n) is 10.3. The number of carboxylic acid groups (broad SMARTS) is 1. The van der Waals surface area contributed by atoms with E-state index in [2.05, 4.69) is 29.7 Å². The van der Waals surface area contributed by atoms with Gasteiger partial charge in [-0.15, -0.1) is 0 Å². The van der Waals surface area contributed by atoms with E-state index in [1.54, 1.807) is 0 Å². The average Bonchev–Trinajstić information content (AvgIpc) is 2.68. The summed E-state index contributed by atoms with van der Waals surface area (Å²) in [5.74, 6) is -0.225. The van der Waals surface area contributed by atoms with Crippen LogP contribution in [0.15, 0.2) is 24.3 Å².